The maximum Gasteiger partial charge on any atom is 0.490 e. The van der Waals surface area contributed by atoms with Crippen molar-refractivity contribution >= 4 is 28.9 Å². The number of oxazole rings is 1. The maximum absolute atomic E-state index is 10.6. The molecule has 0 aliphatic carbocycles. The van der Waals surface area contributed by atoms with Crippen LogP contribution in [0.4, 0.5) is 32.2 Å². The molecule has 5 rings (SSSR count). The Morgan fingerprint density at radius 3 is 2.14 bits per heavy atom. The van der Waals surface area contributed by atoms with Gasteiger partial charge in [-0.25, -0.2) is 19.6 Å². The molecule has 3 aromatic heterocycles. The predicted molar refractivity (Wildman–Crippen MR) is 137 cm³/mol. The average Bonchev–Trinajstić information content (AvgIpc) is 3.61. The minimum absolute atomic E-state index is 0.455. The summed E-state index contributed by atoms with van der Waals surface area (Å²) in [5.74, 6) is -4.22. The van der Waals surface area contributed by atoms with E-state index in [0.717, 1.165) is 59.5 Å². The molecule has 1 aliphatic rings. The first-order valence-corrected chi connectivity index (χ1v) is 12.1. The third-order valence-corrected chi connectivity index (χ3v) is 5.75. The summed E-state index contributed by atoms with van der Waals surface area (Å²) in [5.41, 5.74) is 4.49. The number of aromatic nitrogens is 4. The molecule has 0 atom stereocenters. The van der Waals surface area contributed by atoms with E-state index in [1.165, 1.54) is 0 Å². The first-order chi connectivity index (χ1) is 19.7. The van der Waals surface area contributed by atoms with Crippen molar-refractivity contribution in [3.8, 4) is 22.6 Å². The molecule has 4 heterocycles. The van der Waals surface area contributed by atoms with E-state index in [4.69, 9.17) is 24.2 Å². The number of piperidine rings is 1. The van der Waals surface area contributed by atoms with Crippen molar-refractivity contribution in [1.82, 2.24) is 25.1 Å². The monoisotopic (exact) mass is 602 g/mol. The highest BCUT2D eigenvalue weighted by Crippen LogP contribution is 2.33. The van der Waals surface area contributed by atoms with E-state index in [-0.39, 0.29) is 0 Å². The van der Waals surface area contributed by atoms with Crippen LogP contribution in [0.2, 0.25) is 0 Å². The van der Waals surface area contributed by atoms with E-state index in [0.29, 0.717) is 11.9 Å². The zero-order valence-electron chi connectivity index (χ0n) is 21.7. The van der Waals surface area contributed by atoms with Gasteiger partial charge in [0.15, 0.2) is 5.58 Å². The molecule has 1 saturated heterocycles. The van der Waals surface area contributed by atoms with Crippen molar-refractivity contribution in [2.24, 2.45) is 0 Å². The number of hydrogen-bond donors (Lipinski definition) is 4. The second kappa shape index (κ2) is 13.3. The molecule has 1 aromatic carbocycles. The molecular formula is C25H24F6N6O5. The number of aliphatic carboxylic acids is 2. The fourth-order valence-electron chi connectivity index (χ4n) is 3.73. The van der Waals surface area contributed by atoms with Crippen molar-refractivity contribution in [1.29, 1.82) is 0 Å². The zero-order valence-corrected chi connectivity index (χ0v) is 21.7. The molecule has 0 radical (unpaired) electrons. The Bertz CT molecular complexity index is 1450. The first kappa shape index (κ1) is 31.9. The molecule has 0 saturated carbocycles. The molecule has 0 unspecified atom stereocenters. The largest absolute Gasteiger partial charge is 0.490 e. The number of rotatable bonds is 4. The number of nitrogens with zero attached hydrogens (tertiary/aromatic N) is 4. The molecule has 11 nitrogen and oxygen atoms in total. The number of pyridine rings is 1. The molecule has 0 bridgehead atoms. The van der Waals surface area contributed by atoms with Gasteiger partial charge in [-0.3, -0.25) is 4.68 Å². The van der Waals surface area contributed by atoms with Gasteiger partial charge < -0.3 is 25.3 Å². The van der Waals surface area contributed by atoms with Gasteiger partial charge in [0, 0.05) is 30.6 Å². The fourth-order valence-corrected chi connectivity index (χ4v) is 3.73. The molecule has 17 heteroatoms. The van der Waals surface area contributed by atoms with Gasteiger partial charge in [-0.15, -0.1) is 0 Å². The Kier molecular flexibility index (Phi) is 10.1. The van der Waals surface area contributed by atoms with E-state index in [2.05, 4.69) is 42.6 Å². The molecule has 1 fully saturated rings. The van der Waals surface area contributed by atoms with Gasteiger partial charge >= 0.3 is 24.3 Å². The average molecular weight is 602 g/mol. The number of alkyl halides is 6. The fraction of sp³-hybridized carbons (Fsp3) is 0.320. The van der Waals surface area contributed by atoms with Gasteiger partial charge in [0.2, 0.25) is 5.89 Å². The van der Waals surface area contributed by atoms with Crippen molar-refractivity contribution < 1.29 is 50.6 Å². The highest BCUT2D eigenvalue weighted by Gasteiger charge is 2.38. The van der Waals surface area contributed by atoms with Crippen LogP contribution in [0.15, 0.2) is 53.3 Å². The summed E-state index contributed by atoms with van der Waals surface area (Å²) in [7, 11) is 1.85. The Morgan fingerprint density at radius 1 is 1.00 bits per heavy atom. The molecule has 0 amide bonds. The van der Waals surface area contributed by atoms with Gasteiger partial charge in [-0.2, -0.15) is 31.4 Å². The van der Waals surface area contributed by atoms with Crippen LogP contribution in [0.1, 0.15) is 18.9 Å². The number of fused-ring (bicyclic) bond motifs is 1. The molecule has 226 valence electrons. The summed E-state index contributed by atoms with van der Waals surface area (Å²) in [5, 5.41) is 25.4. The summed E-state index contributed by atoms with van der Waals surface area (Å²) in [4.78, 5) is 27.0. The van der Waals surface area contributed by atoms with Crippen LogP contribution in [0, 0.1) is 0 Å². The summed E-state index contributed by atoms with van der Waals surface area (Å²) in [6, 6.07) is 10.3. The van der Waals surface area contributed by atoms with Crippen LogP contribution in [-0.4, -0.2) is 74.4 Å². The van der Waals surface area contributed by atoms with Crippen molar-refractivity contribution in [2.45, 2.75) is 31.2 Å². The van der Waals surface area contributed by atoms with E-state index >= 15 is 0 Å². The second-order valence-corrected chi connectivity index (χ2v) is 8.65. The quantitative estimate of drug-likeness (QED) is 0.235. The first-order valence-electron chi connectivity index (χ1n) is 12.1. The van der Waals surface area contributed by atoms with Crippen LogP contribution in [0.3, 0.4) is 0 Å². The van der Waals surface area contributed by atoms with Gasteiger partial charge in [-0.05, 0) is 44.1 Å². The second-order valence-electron chi connectivity index (χ2n) is 8.65. The molecule has 42 heavy (non-hydrogen) atoms. The maximum atomic E-state index is 10.6. The Labute approximate surface area is 233 Å². The zero-order chi connectivity index (χ0) is 31.1. The van der Waals surface area contributed by atoms with E-state index in [9.17, 15) is 26.3 Å². The number of hydrogen-bond acceptors (Lipinski definition) is 8. The third-order valence-electron chi connectivity index (χ3n) is 5.75. The van der Waals surface area contributed by atoms with Crippen molar-refractivity contribution in [3.63, 3.8) is 0 Å². The molecule has 0 spiro atoms. The highest BCUT2D eigenvalue weighted by atomic mass is 19.4. The van der Waals surface area contributed by atoms with Crippen LogP contribution < -0.4 is 10.6 Å². The SMILES string of the molecule is CNc1ncc(-c2cnn(C3CCNCC3)c2)cc1-c1nc2ccccc2o1.O=C(O)C(F)(F)F.O=C(O)C(F)(F)F. The van der Waals surface area contributed by atoms with Crippen LogP contribution in [0.25, 0.3) is 33.7 Å². The number of halogens is 6. The standard InChI is InChI=1S/C21H22N6O.2C2HF3O2/c1-22-20-17(21-26-18-4-2-3-5-19(18)28-21)10-14(11-24-20)15-12-25-27(13-15)16-6-8-23-9-7-16;2*3-2(4,5)1(6)7/h2-5,10-13,16,23H,6-9H2,1H3,(H,22,24);2*(H,6,7). The predicted octanol–water partition coefficient (Wildman–Crippen LogP) is 4.99. The molecule has 4 N–H and O–H groups in total. The molecular weight excluding hydrogens is 578 g/mol. The van der Waals surface area contributed by atoms with E-state index in [1.54, 1.807) is 0 Å². The van der Waals surface area contributed by atoms with E-state index < -0.39 is 24.3 Å². The van der Waals surface area contributed by atoms with Gasteiger partial charge in [0.25, 0.3) is 0 Å². The van der Waals surface area contributed by atoms with Gasteiger partial charge in [0.05, 0.1) is 17.8 Å². The minimum Gasteiger partial charge on any atom is -0.475 e. The van der Waals surface area contributed by atoms with E-state index in [1.807, 2.05) is 43.7 Å². The lowest BCUT2D eigenvalue weighted by Gasteiger charge is -2.22. The number of carbonyl (C=O) groups is 2. The van der Waals surface area contributed by atoms with Crippen LogP contribution >= 0.6 is 0 Å². The molecule has 4 aromatic rings. The summed E-state index contributed by atoms with van der Waals surface area (Å²) < 4.78 is 71.5. The van der Waals surface area contributed by atoms with Crippen LogP contribution in [-0.2, 0) is 9.59 Å². The number of para-hydroxylation sites is 2. The third kappa shape index (κ3) is 8.42. The topological polar surface area (TPSA) is 155 Å². The van der Waals surface area contributed by atoms with Crippen molar-refractivity contribution in [3.05, 3.63) is 48.9 Å². The lowest BCUT2D eigenvalue weighted by molar-refractivity contribution is -0.193. The van der Waals surface area contributed by atoms with Crippen LogP contribution in [0.5, 0.6) is 0 Å². The Hall–Kier alpha value is -4.67. The smallest absolute Gasteiger partial charge is 0.475 e. The summed E-state index contributed by atoms with van der Waals surface area (Å²) in [6.45, 7) is 2.08. The number of nitrogens with one attached hydrogen (secondary N) is 2. The van der Waals surface area contributed by atoms with Gasteiger partial charge in [0.1, 0.15) is 11.3 Å². The number of anilines is 1. The normalized spacial score (nSPS) is 13.9. The van der Waals surface area contributed by atoms with Crippen molar-refractivity contribution in [2.75, 3.05) is 25.5 Å². The Balaban J connectivity index is 0.000000289. The minimum atomic E-state index is -5.08. The van der Waals surface area contributed by atoms with Gasteiger partial charge in [-0.1, -0.05) is 12.1 Å². The Morgan fingerprint density at radius 2 is 1.60 bits per heavy atom. The lowest BCUT2D eigenvalue weighted by atomic mass is 10.1. The number of benzene rings is 1. The summed E-state index contributed by atoms with van der Waals surface area (Å²) in [6.07, 6.45) is -2.07. The lowest BCUT2D eigenvalue weighted by Crippen LogP contribution is -2.29. The number of carboxylic acids is 2. The molecule has 1 aliphatic heterocycles. The summed E-state index contributed by atoms with van der Waals surface area (Å²) >= 11 is 0. The highest BCUT2D eigenvalue weighted by molar-refractivity contribution is 5.81. The number of carboxylic acid groups (broad SMARTS) is 2.